The van der Waals surface area contributed by atoms with E-state index in [4.69, 9.17) is 0 Å². The van der Waals surface area contributed by atoms with Gasteiger partial charge in [0.1, 0.15) is 0 Å². The Bertz CT molecular complexity index is 569. The van der Waals surface area contributed by atoms with E-state index in [-0.39, 0.29) is 5.92 Å². The molecule has 0 spiro atoms. The summed E-state index contributed by atoms with van der Waals surface area (Å²) < 4.78 is 24.9. The van der Waals surface area contributed by atoms with Crippen LogP contribution in [0.25, 0.3) is 0 Å². The summed E-state index contributed by atoms with van der Waals surface area (Å²) in [7, 11) is 0. The van der Waals surface area contributed by atoms with Crippen LogP contribution >= 0.6 is 0 Å². The molecular weight excluding hydrogens is 338 g/mol. The lowest BCUT2D eigenvalue weighted by molar-refractivity contribution is 0.170. The SMILES string of the molecule is CCCCCc1ccc(C2CCC(C3CCC(C=C(F)F)CC3)CC2)cc1. The first-order chi connectivity index (χ1) is 13.2. The largest absolute Gasteiger partial charge is 0.266 e. The number of hydrogen-bond acceptors (Lipinski definition) is 0. The van der Waals surface area contributed by atoms with Crippen LogP contribution in [-0.4, -0.2) is 0 Å². The van der Waals surface area contributed by atoms with Crippen LogP contribution in [0, 0.1) is 17.8 Å². The van der Waals surface area contributed by atoms with E-state index < -0.39 is 6.08 Å². The fourth-order valence-electron chi connectivity index (χ4n) is 5.42. The average Bonchev–Trinajstić information content (AvgIpc) is 2.69. The summed E-state index contributed by atoms with van der Waals surface area (Å²) in [5, 5.41) is 0. The third-order valence-corrected chi connectivity index (χ3v) is 7.14. The summed E-state index contributed by atoms with van der Waals surface area (Å²) >= 11 is 0. The predicted octanol–water partition coefficient (Wildman–Crippen LogP) is 8.28. The minimum Gasteiger partial charge on any atom is -0.174 e. The van der Waals surface area contributed by atoms with Crippen molar-refractivity contribution in [2.75, 3.05) is 0 Å². The number of allylic oxidation sites excluding steroid dienone is 1. The van der Waals surface area contributed by atoms with E-state index in [1.165, 1.54) is 68.6 Å². The highest BCUT2D eigenvalue weighted by molar-refractivity contribution is 5.26. The zero-order chi connectivity index (χ0) is 19.1. The van der Waals surface area contributed by atoms with Crippen molar-refractivity contribution in [3.05, 3.63) is 47.5 Å². The first kappa shape index (κ1) is 20.6. The van der Waals surface area contributed by atoms with Gasteiger partial charge in [-0.1, -0.05) is 44.0 Å². The minimum absolute atomic E-state index is 0.124. The quantitative estimate of drug-likeness (QED) is 0.421. The van der Waals surface area contributed by atoms with Crippen molar-refractivity contribution in [2.45, 2.75) is 89.9 Å². The van der Waals surface area contributed by atoms with Crippen molar-refractivity contribution in [1.82, 2.24) is 0 Å². The van der Waals surface area contributed by atoms with E-state index in [1.54, 1.807) is 0 Å². The molecule has 3 rings (SSSR count). The number of benzene rings is 1. The van der Waals surface area contributed by atoms with E-state index in [9.17, 15) is 8.78 Å². The maximum absolute atomic E-state index is 12.4. The maximum Gasteiger partial charge on any atom is 0.266 e. The molecule has 1 aromatic rings. The number of rotatable bonds is 7. The highest BCUT2D eigenvalue weighted by Crippen LogP contribution is 2.44. The Balaban J connectivity index is 1.43. The Morgan fingerprint density at radius 1 is 0.852 bits per heavy atom. The van der Waals surface area contributed by atoms with Crippen molar-refractivity contribution >= 4 is 0 Å². The zero-order valence-corrected chi connectivity index (χ0v) is 16.9. The van der Waals surface area contributed by atoms with E-state index in [2.05, 4.69) is 31.2 Å². The Hall–Kier alpha value is -1.18. The Kier molecular flexibility index (Phi) is 7.91. The normalized spacial score (nSPS) is 28.7. The topological polar surface area (TPSA) is 0 Å². The molecule has 0 unspecified atom stereocenters. The molecule has 1 aromatic carbocycles. The molecule has 0 heterocycles. The van der Waals surface area contributed by atoms with Crippen LogP contribution in [0.2, 0.25) is 0 Å². The molecule has 2 heteroatoms. The smallest absolute Gasteiger partial charge is 0.174 e. The monoisotopic (exact) mass is 374 g/mol. The first-order valence-corrected chi connectivity index (χ1v) is 11.3. The molecule has 2 saturated carbocycles. The van der Waals surface area contributed by atoms with Gasteiger partial charge in [-0.25, -0.2) is 0 Å². The predicted molar refractivity (Wildman–Crippen MR) is 110 cm³/mol. The van der Waals surface area contributed by atoms with Gasteiger partial charge in [0.2, 0.25) is 0 Å². The van der Waals surface area contributed by atoms with Gasteiger partial charge in [-0.05, 0) is 105 Å². The molecule has 0 N–H and O–H groups in total. The first-order valence-electron chi connectivity index (χ1n) is 11.3. The van der Waals surface area contributed by atoms with Crippen LogP contribution < -0.4 is 0 Å². The summed E-state index contributed by atoms with van der Waals surface area (Å²) in [6, 6.07) is 9.43. The van der Waals surface area contributed by atoms with Gasteiger partial charge < -0.3 is 0 Å². The second-order valence-electron chi connectivity index (χ2n) is 8.94. The Morgan fingerprint density at radius 2 is 1.44 bits per heavy atom. The molecule has 0 aliphatic heterocycles. The summed E-state index contributed by atoms with van der Waals surface area (Å²) in [5.74, 6) is 2.46. The zero-order valence-electron chi connectivity index (χ0n) is 16.9. The molecule has 2 aliphatic carbocycles. The van der Waals surface area contributed by atoms with Crippen LogP contribution in [0.5, 0.6) is 0 Å². The summed E-state index contributed by atoms with van der Waals surface area (Å²) in [4.78, 5) is 0. The van der Waals surface area contributed by atoms with E-state index >= 15 is 0 Å². The molecule has 150 valence electrons. The van der Waals surface area contributed by atoms with Crippen LogP contribution in [0.3, 0.4) is 0 Å². The van der Waals surface area contributed by atoms with E-state index in [0.29, 0.717) is 0 Å². The fourth-order valence-corrected chi connectivity index (χ4v) is 5.42. The van der Waals surface area contributed by atoms with Gasteiger partial charge in [-0.3, -0.25) is 0 Å². The molecule has 27 heavy (non-hydrogen) atoms. The third kappa shape index (κ3) is 6.16. The minimum atomic E-state index is -1.49. The van der Waals surface area contributed by atoms with Gasteiger partial charge in [-0.15, -0.1) is 0 Å². The lowest BCUT2D eigenvalue weighted by atomic mass is 9.68. The molecule has 2 fully saturated rings. The molecule has 0 nitrogen and oxygen atoms in total. The number of aryl methyl sites for hydroxylation is 1. The lowest BCUT2D eigenvalue weighted by Crippen LogP contribution is -2.25. The van der Waals surface area contributed by atoms with Gasteiger partial charge in [0.25, 0.3) is 6.08 Å². The molecule has 0 amide bonds. The second-order valence-corrected chi connectivity index (χ2v) is 8.94. The van der Waals surface area contributed by atoms with Gasteiger partial charge in [0, 0.05) is 0 Å². The second kappa shape index (κ2) is 10.4. The Morgan fingerprint density at radius 3 is 2.00 bits per heavy atom. The van der Waals surface area contributed by atoms with Crippen molar-refractivity contribution in [3.63, 3.8) is 0 Å². The van der Waals surface area contributed by atoms with Crippen LogP contribution in [0.15, 0.2) is 36.4 Å². The standard InChI is InChI=1S/C25H36F2/c1-2-3-4-5-19-6-10-21(11-7-19)23-14-16-24(17-15-23)22-12-8-20(9-13-22)18-25(26)27/h6-7,10-11,18,20,22-24H,2-5,8-9,12-17H2,1H3. The summed E-state index contributed by atoms with van der Waals surface area (Å²) in [5.41, 5.74) is 3.01. The van der Waals surface area contributed by atoms with Crippen molar-refractivity contribution in [3.8, 4) is 0 Å². The molecule has 0 saturated heterocycles. The molecule has 0 aromatic heterocycles. The van der Waals surface area contributed by atoms with Gasteiger partial charge in [0.05, 0.1) is 0 Å². The number of halogens is 2. The van der Waals surface area contributed by atoms with Crippen molar-refractivity contribution in [1.29, 1.82) is 0 Å². The van der Waals surface area contributed by atoms with Gasteiger partial charge in [-0.2, -0.15) is 8.78 Å². The molecule has 2 aliphatic rings. The highest BCUT2D eigenvalue weighted by atomic mass is 19.3. The Labute approximate surface area is 164 Å². The number of hydrogen-bond donors (Lipinski definition) is 0. The lowest BCUT2D eigenvalue weighted by Gasteiger charge is -2.37. The van der Waals surface area contributed by atoms with Crippen LogP contribution in [0.4, 0.5) is 8.78 Å². The molecule has 0 bridgehead atoms. The number of unbranched alkanes of at least 4 members (excludes halogenated alkanes) is 2. The molecule has 0 radical (unpaired) electrons. The van der Waals surface area contributed by atoms with Gasteiger partial charge in [0.15, 0.2) is 0 Å². The fraction of sp³-hybridized carbons (Fsp3) is 0.680. The van der Waals surface area contributed by atoms with Crippen LogP contribution in [-0.2, 0) is 6.42 Å². The van der Waals surface area contributed by atoms with Crippen LogP contribution in [0.1, 0.15) is 94.6 Å². The summed E-state index contributed by atoms with van der Waals surface area (Å²) in [6.07, 6.45) is 14.3. The maximum atomic E-state index is 12.4. The van der Waals surface area contributed by atoms with Gasteiger partial charge >= 0.3 is 0 Å². The van der Waals surface area contributed by atoms with E-state index in [0.717, 1.165) is 43.4 Å². The molecule has 0 atom stereocenters. The molecular formula is C25H36F2. The third-order valence-electron chi connectivity index (χ3n) is 7.14. The van der Waals surface area contributed by atoms with Crippen molar-refractivity contribution < 1.29 is 8.78 Å². The van der Waals surface area contributed by atoms with E-state index in [1.807, 2.05) is 0 Å². The highest BCUT2D eigenvalue weighted by Gasteiger charge is 2.31. The van der Waals surface area contributed by atoms with Crippen molar-refractivity contribution in [2.24, 2.45) is 17.8 Å². The summed E-state index contributed by atoms with van der Waals surface area (Å²) in [6.45, 7) is 2.26. The average molecular weight is 375 g/mol.